The summed E-state index contributed by atoms with van der Waals surface area (Å²) in [7, 11) is 2.29. The highest BCUT2D eigenvalue weighted by atomic mass is 19.1. The third-order valence-electron chi connectivity index (χ3n) is 8.91. The summed E-state index contributed by atoms with van der Waals surface area (Å²) in [6, 6.07) is 8.15. The number of rotatable bonds is 2. The fourth-order valence-electron chi connectivity index (χ4n) is 7.37. The van der Waals surface area contributed by atoms with Gasteiger partial charge in [0.1, 0.15) is 5.82 Å². The van der Waals surface area contributed by atoms with Crippen molar-refractivity contribution in [2.24, 2.45) is 11.8 Å². The largest absolute Gasteiger partial charge is 0.365 e. The van der Waals surface area contributed by atoms with Crippen LogP contribution in [0.2, 0.25) is 0 Å². The van der Waals surface area contributed by atoms with Crippen LogP contribution in [-0.2, 0) is 0 Å². The number of hydrogen-bond acceptors (Lipinski definition) is 3. The minimum Gasteiger partial charge on any atom is -0.365 e. The summed E-state index contributed by atoms with van der Waals surface area (Å²) in [6.07, 6.45) is 14.0. The molecule has 1 aromatic rings. The topological polar surface area (TPSA) is 9.72 Å². The fourth-order valence-corrected chi connectivity index (χ4v) is 7.37. The number of likely N-dealkylation sites (tertiary alicyclic amines) is 2. The van der Waals surface area contributed by atoms with Crippen LogP contribution < -0.4 is 4.90 Å². The Labute approximate surface area is 182 Å². The van der Waals surface area contributed by atoms with Crippen LogP contribution in [-0.4, -0.2) is 61.2 Å². The van der Waals surface area contributed by atoms with Crippen LogP contribution in [0.1, 0.15) is 64.2 Å². The molecule has 30 heavy (non-hydrogen) atoms. The van der Waals surface area contributed by atoms with E-state index in [1.165, 1.54) is 96.1 Å². The van der Waals surface area contributed by atoms with Gasteiger partial charge in [-0.25, -0.2) is 4.39 Å². The number of nitrogens with zero attached hydrogens (tertiary/aromatic N) is 3. The first-order valence-electron chi connectivity index (χ1n) is 12.6. The molecular formula is C26H40FN3. The third-order valence-corrected chi connectivity index (χ3v) is 8.91. The number of anilines is 1. The van der Waals surface area contributed by atoms with Gasteiger partial charge in [-0.3, -0.25) is 0 Å². The van der Waals surface area contributed by atoms with E-state index in [-0.39, 0.29) is 11.4 Å². The van der Waals surface area contributed by atoms with Crippen LogP contribution in [0.25, 0.3) is 0 Å². The zero-order chi connectivity index (χ0) is 20.6. The quantitative estimate of drug-likeness (QED) is 0.663. The molecule has 3 nitrogen and oxygen atoms in total. The molecule has 4 aliphatic rings. The van der Waals surface area contributed by atoms with Gasteiger partial charge in [0.05, 0.1) is 0 Å². The van der Waals surface area contributed by atoms with E-state index >= 15 is 0 Å². The van der Waals surface area contributed by atoms with E-state index in [0.29, 0.717) is 0 Å². The lowest BCUT2D eigenvalue weighted by Gasteiger charge is -2.50. The molecule has 1 aromatic carbocycles. The summed E-state index contributed by atoms with van der Waals surface area (Å²) in [6.45, 7) is 6.08. The Bertz CT molecular complexity index is 687. The summed E-state index contributed by atoms with van der Waals surface area (Å²) in [4.78, 5) is 8.10. The molecule has 1 aliphatic carbocycles. The second kappa shape index (κ2) is 8.78. The predicted molar refractivity (Wildman–Crippen MR) is 122 cm³/mol. The first kappa shape index (κ1) is 20.8. The molecule has 0 amide bonds. The highest BCUT2D eigenvalue weighted by Crippen LogP contribution is 2.50. The molecule has 3 saturated heterocycles. The molecule has 5 rings (SSSR count). The van der Waals surface area contributed by atoms with Crippen LogP contribution in [0.3, 0.4) is 0 Å². The summed E-state index contributed by atoms with van der Waals surface area (Å²) in [5.41, 5.74) is 1.51. The molecule has 3 heterocycles. The maximum absolute atomic E-state index is 13.6. The minimum absolute atomic E-state index is 0.123. The molecule has 0 radical (unpaired) electrons. The van der Waals surface area contributed by atoms with Crippen LogP contribution in [0.15, 0.2) is 24.3 Å². The van der Waals surface area contributed by atoms with Crippen molar-refractivity contribution < 1.29 is 4.39 Å². The van der Waals surface area contributed by atoms with Gasteiger partial charge in [-0.05, 0) is 62.9 Å². The van der Waals surface area contributed by atoms with Crippen molar-refractivity contribution in [3.05, 3.63) is 30.1 Å². The number of hydrogen-bond donors (Lipinski definition) is 0. The first-order valence-corrected chi connectivity index (χ1v) is 12.6. The van der Waals surface area contributed by atoms with E-state index in [0.717, 1.165) is 24.4 Å². The lowest BCUT2D eigenvalue weighted by atomic mass is 9.74. The van der Waals surface area contributed by atoms with Gasteiger partial charge in [0, 0.05) is 55.9 Å². The normalized spacial score (nSPS) is 31.5. The predicted octanol–water partition coefficient (Wildman–Crippen LogP) is 5.16. The van der Waals surface area contributed by atoms with Crippen molar-refractivity contribution in [3.63, 3.8) is 0 Å². The molecule has 0 aromatic heterocycles. The second-order valence-corrected chi connectivity index (χ2v) is 10.7. The van der Waals surface area contributed by atoms with Crippen LogP contribution in [0.4, 0.5) is 10.1 Å². The second-order valence-electron chi connectivity index (χ2n) is 10.7. The van der Waals surface area contributed by atoms with E-state index in [1.54, 1.807) is 12.1 Å². The van der Waals surface area contributed by atoms with Crippen LogP contribution >= 0.6 is 0 Å². The Kier molecular flexibility index (Phi) is 6.07. The van der Waals surface area contributed by atoms with E-state index in [2.05, 4.69) is 21.7 Å². The smallest absolute Gasteiger partial charge is 0.123 e. The van der Waals surface area contributed by atoms with E-state index in [9.17, 15) is 4.39 Å². The molecule has 1 spiro atoms. The summed E-state index contributed by atoms with van der Waals surface area (Å²) in [5.74, 6) is 1.40. The zero-order valence-corrected chi connectivity index (χ0v) is 18.9. The Hall–Kier alpha value is -1.13. The van der Waals surface area contributed by atoms with Gasteiger partial charge in [0.2, 0.25) is 0 Å². The maximum atomic E-state index is 13.6. The number of piperidine rings is 1. The number of benzene rings is 1. The van der Waals surface area contributed by atoms with Crippen molar-refractivity contribution in [2.45, 2.75) is 75.8 Å². The van der Waals surface area contributed by atoms with Crippen molar-refractivity contribution in [3.8, 4) is 0 Å². The van der Waals surface area contributed by atoms with E-state index in [4.69, 9.17) is 0 Å². The average molecular weight is 414 g/mol. The summed E-state index contributed by atoms with van der Waals surface area (Å²) in [5, 5.41) is 0. The van der Waals surface area contributed by atoms with E-state index < -0.39 is 0 Å². The van der Waals surface area contributed by atoms with Crippen molar-refractivity contribution in [2.75, 3.05) is 44.7 Å². The maximum Gasteiger partial charge on any atom is 0.123 e. The van der Waals surface area contributed by atoms with Gasteiger partial charge in [-0.1, -0.05) is 38.5 Å². The Morgan fingerprint density at radius 3 is 2.13 bits per heavy atom. The lowest BCUT2D eigenvalue weighted by molar-refractivity contribution is 0.0842. The first-order chi connectivity index (χ1) is 14.7. The average Bonchev–Trinajstić information content (AvgIpc) is 3.30. The van der Waals surface area contributed by atoms with Gasteiger partial charge in [0.15, 0.2) is 0 Å². The number of halogens is 1. The molecule has 0 bridgehead atoms. The van der Waals surface area contributed by atoms with Crippen molar-refractivity contribution in [1.82, 2.24) is 9.80 Å². The Morgan fingerprint density at radius 2 is 1.47 bits per heavy atom. The molecular weight excluding hydrogens is 373 g/mol. The third kappa shape index (κ3) is 3.90. The van der Waals surface area contributed by atoms with Gasteiger partial charge in [0.25, 0.3) is 0 Å². The van der Waals surface area contributed by atoms with E-state index in [1.807, 2.05) is 12.1 Å². The molecule has 2 atom stereocenters. The highest BCUT2D eigenvalue weighted by molar-refractivity contribution is 5.52. The minimum atomic E-state index is -0.123. The number of fused-ring (bicyclic) bond motifs is 2. The lowest BCUT2D eigenvalue weighted by Crippen LogP contribution is -2.58. The van der Waals surface area contributed by atoms with Crippen LogP contribution in [0, 0.1) is 17.7 Å². The van der Waals surface area contributed by atoms with Gasteiger partial charge < -0.3 is 14.7 Å². The zero-order valence-electron chi connectivity index (χ0n) is 18.9. The monoisotopic (exact) mass is 413 g/mol. The van der Waals surface area contributed by atoms with Gasteiger partial charge in [-0.2, -0.15) is 0 Å². The fraction of sp³-hybridized carbons (Fsp3) is 0.769. The molecule has 2 unspecified atom stereocenters. The summed E-state index contributed by atoms with van der Waals surface area (Å²) < 4.78 is 13.6. The standard InChI is InChI=1S/C26H40FN3/c1-28-18-21-19-30(24-12-10-22(27)11-13-24)26(25(21)20-28)14-16-29(17-15-26)23-8-6-4-2-3-5-7-9-23/h10-13,21,23,25H,2-9,14-20H2,1H3. The van der Waals surface area contributed by atoms with Crippen LogP contribution in [0.5, 0.6) is 0 Å². The van der Waals surface area contributed by atoms with Crippen molar-refractivity contribution >= 4 is 5.69 Å². The SMILES string of the molecule is CN1CC2CN(c3ccc(F)cc3)C3(CCN(C4CCCCCCCC4)CC3)C2C1. The molecule has 0 N–H and O–H groups in total. The highest BCUT2D eigenvalue weighted by Gasteiger charge is 2.57. The van der Waals surface area contributed by atoms with Gasteiger partial charge in [-0.15, -0.1) is 0 Å². The van der Waals surface area contributed by atoms with Crippen molar-refractivity contribution in [1.29, 1.82) is 0 Å². The Morgan fingerprint density at radius 1 is 0.833 bits per heavy atom. The molecule has 4 heteroatoms. The molecule has 4 fully saturated rings. The Balaban J connectivity index is 1.34. The molecule has 166 valence electrons. The van der Waals surface area contributed by atoms with Gasteiger partial charge >= 0.3 is 0 Å². The molecule has 1 saturated carbocycles. The summed E-state index contributed by atoms with van der Waals surface area (Å²) >= 11 is 0. The molecule has 3 aliphatic heterocycles.